The number of esters is 3. The molecule has 424 valence electrons. The molecule has 0 aliphatic carbocycles. The Morgan fingerprint density at radius 2 is 0.500 bits per heavy atom. The van der Waals surface area contributed by atoms with Gasteiger partial charge in [0.15, 0.2) is 6.10 Å². The molecule has 0 aliphatic heterocycles. The molecule has 0 heterocycles. The summed E-state index contributed by atoms with van der Waals surface area (Å²) >= 11 is 0. The van der Waals surface area contributed by atoms with E-state index < -0.39 is 6.10 Å². The van der Waals surface area contributed by atoms with E-state index >= 15 is 0 Å². The van der Waals surface area contributed by atoms with Gasteiger partial charge in [0.1, 0.15) is 13.2 Å². The molecule has 0 aromatic heterocycles. The zero-order chi connectivity index (χ0) is 52.2. The molecule has 0 aliphatic rings. The van der Waals surface area contributed by atoms with Crippen molar-refractivity contribution in [2.45, 2.75) is 367 Å². The Labute approximate surface area is 449 Å². The Balaban J connectivity index is 4.26. The van der Waals surface area contributed by atoms with Crippen LogP contribution in [0.2, 0.25) is 0 Å². The third-order valence-electron chi connectivity index (χ3n) is 14.7. The standard InChI is InChI=1S/C66H124O6/c1-4-7-10-13-16-19-22-25-28-30-31-32-33-34-35-37-38-41-44-47-50-53-56-59-65(68)71-62-63(61-70-64(67)58-55-52-49-46-43-40-27-24-21-18-15-12-9-6-3)72-66(69)60-57-54-51-48-45-42-39-36-29-26-23-20-17-14-11-8-5-2/h17,20,26,29,63H,4-16,18-19,21-25,27-28,30-62H2,1-3H3/b20-17-,29-26-. The van der Waals surface area contributed by atoms with Gasteiger partial charge in [0.05, 0.1) is 0 Å². The number of rotatable bonds is 60. The van der Waals surface area contributed by atoms with Crippen LogP contribution in [0, 0.1) is 0 Å². The highest BCUT2D eigenvalue weighted by Gasteiger charge is 2.19. The third kappa shape index (κ3) is 58.8. The van der Waals surface area contributed by atoms with Gasteiger partial charge in [-0.05, 0) is 51.4 Å². The number of hydrogen-bond donors (Lipinski definition) is 0. The first-order chi connectivity index (χ1) is 35.5. The van der Waals surface area contributed by atoms with Crippen molar-refractivity contribution >= 4 is 17.9 Å². The van der Waals surface area contributed by atoms with E-state index in [9.17, 15) is 14.4 Å². The summed E-state index contributed by atoms with van der Waals surface area (Å²) in [6, 6.07) is 0. The van der Waals surface area contributed by atoms with Gasteiger partial charge >= 0.3 is 17.9 Å². The average molecular weight is 1010 g/mol. The van der Waals surface area contributed by atoms with Crippen molar-refractivity contribution in [2.24, 2.45) is 0 Å². The molecule has 6 heteroatoms. The zero-order valence-electron chi connectivity index (χ0n) is 48.7. The van der Waals surface area contributed by atoms with Crippen LogP contribution in [0.3, 0.4) is 0 Å². The summed E-state index contributed by atoms with van der Waals surface area (Å²) in [5.41, 5.74) is 0. The van der Waals surface area contributed by atoms with Crippen molar-refractivity contribution in [1.29, 1.82) is 0 Å². The lowest BCUT2D eigenvalue weighted by Gasteiger charge is -2.18. The number of unbranched alkanes of at least 4 members (excludes halogenated alkanes) is 45. The van der Waals surface area contributed by atoms with Crippen LogP contribution in [-0.4, -0.2) is 37.2 Å². The fourth-order valence-electron chi connectivity index (χ4n) is 9.83. The van der Waals surface area contributed by atoms with Crippen molar-refractivity contribution in [2.75, 3.05) is 13.2 Å². The van der Waals surface area contributed by atoms with E-state index in [4.69, 9.17) is 14.2 Å². The van der Waals surface area contributed by atoms with E-state index in [-0.39, 0.29) is 31.1 Å². The molecule has 0 fully saturated rings. The topological polar surface area (TPSA) is 78.9 Å². The van der Waals surface area contributed by atoms with Gasteiger partial charge in [-0.1, -0.05) is 315 Å². The first-order valence-corrected chi connectivity index (χ1v) is 32.3. The number of ether oxygens (including phenoxy) is 3. The molecule has 0 aromatic rings. The molecule has 1 atom stereocenters. The van der Waals surface area contributed by atoms with E-state index in [1.165, 1.54) is 250 Å². The molecule has 0 N–H and O–H groups in total. The maximum absolute atomic E-state index is 12.9. The maximum atomic E-state index is 12.9. The molecule has 1 unspecified atom stereocenters. The van der Waals surface area contributed by atoms with Crippen molar-refractivity contribution in [1.82, 2.24) is 0 Å². The lowest BCUT2D eigenvalue weighted by molar-refractivity contribution is -0.167. The molecule has 0 saturated carbocycles. The Kier molecular flexibility index (Phi) is 59.6. The fourth-order valence-corrected chi connectivity index (χ4v) is 9.83. The second-order valence-electron chi connectivity index (χ2n) is 22.0. The molecule has 6 nitrogen and oxygen atoms in total. The lowest BCUT2D eigenvalue weighted by Crippen LogP contribution is -2.30. The van der Waals surface area contributed by atoms with Crippen LogP contribution in [0.1, 0.15) is 361 Å². The van der Waals surface area contributed by atoms with Crippen LogP contribution >= 0.6 is 0 Å². The minimum Gasteiger partial charge on any atom is -0.462 e. The number of hydrogen-bond acceptors (Lipinski definition) is 6. The predicted molar refractivity (Wildman–Crippen MR) is 312 cm³/mol. The van der Waals surface area contributed by atoms with Crippen LogP contribution in [0.5, 0.6) is 0 Å². The summed E-state index contributed by atoms with van der Waals surface area (Å²) < 4.78 is 16.9. The highest BCUT2D eigenvalue weighted by molar-refractivity contribution is 5.71. The smallest absolute Gasteiger partial charge is 0.306 e. The van der Waals surface area contributed by atoms with Gasteiger partial charge in [0, 0.05) is 19.3 Å². The van der Waals surface area contributed by atoms with Crippen molar-refractivity contribution in [3.05, 3.63) is 24.3 Å². The highest BCUT2D eigenvalue weighted by Crippen LogP contribution is 2.18. The molecule has 72 heavy (non-hydrogen) atoms. The largest absolute Gasteiger partial charge is 0.462 e. The van der Waals surface area contributed by atoms with E-state index in [0.717, 1.165) is 70.6 Å². The normalized spacial score (nSPS) is 12.1. The van der Waals surface area contributed by atoms with E-state index in [0.29, 0.717) is 19.3 Å². The van der Waals surface area contributed by atoms with Gasteiger partial charge in [-0.2, -0.15) is 0 Å². The first-order valence-electron chi connectivity index (χ1n) is 32.3. The molecule has 0 radical (unpaired) electrons. The zero-order valence-corrected chi connectivity index (χ0v) is 48.7. The van der Waals surface area contributed by atoms with Crippen LogP contribution in [0.25, 0.3) is 0 Å². The monoisotopic (exact) mass is 1010 g/mol. The number of carbonyl (C=O) groups is 3. The van der Waals surface area contributed by atoms with Crippen LogP contribution in [0.15, 0.2) is 24.3 Å². The summed E-state index contributed by atoms with van der Waals surface area (Å²) in [5.74, 6) is -0.848. The number of carbonyl (C=O) groups excluding carboxylic acids is 3. The van der Waals surface area contributed by atoms with Crippen LogP contribution in [0.4, 0.5) is 0 Å². The minimum atomic E-state index is -0.771. The Morgan fingerprint density at radius 1 is 0.278 bits per heavy atom. The summed E-state index contributed by atoms with van der Waals surface area (Å²) in [4.78, 5) is 38.3. The molecular weight excluding hydrogens is 889 g/mol. The third-order valence-corrected chi connectivity index (χ3v) is 14.7. The van der Waals surface area contributed by atoms with Crippen molar-refractivity contribution in [3.8, 4) is 0 Å². The molecule has 0 saturated heterocycles. The molecule has 0 rings (SSSR count). The molecule has 0 bridgehead atoms. The molecule has 0 amide bonds. The van der Waals surface area contributed by atoms with Crippen LogP contribution in [-0.2, 0) is 28.6 Å². The summed E-state index contributed by atoms with van der Waals surface area (Å²) in [5, 5.41) is 0. The van der Waals surface area contributed by atoms with E-state index in [1.807, 2.05) is 0 Å². The van der Waals surface area contributed by atoms with Gasteiger partial charge in [0.2, 0.25) is 0 Å². The van der Waals surface area contributed by atoms with Gasteiger partial charge in [0.25, 0.3) is 0 Å². The summed E-state index contributed by atoms with van der Waals surface area (Å²) in [7, 11) is 0. The van der Waals surface area contributed by atoms with E-state index in [1.54, 1.807) is 0 Å². The quantitative estimate of drug-likeness (QED) is 0.0261. The van der Waals surface area contributed by atoms with Gasteiger partial charge in [-0.15, -0.1) is 0 Å². The lowest BCUT2D eigenvalue weighted by atomic mass is 10.0. The molecule has 0 spiro atoms. The molecular formula is C66H124O6. The SMILES string of the molecule is CCCCC/C=C\C/C=C\CCCCCCCCCC(=O)OC(COC(=O)CCCCCCCCCCCCCCCC)COC(=O)CCCCCCCCCCCCCCCCCCCCCCCCC. The minimum absolute atomic E-state index is 0.0684. The second-order valence-corrected chi connectivity index (χ2v) is 22.0. The Hall–Kier alpha value is -2.11. The Morgan fingerprint density at radius 3 is 0.792 bits per heavy atom. The summed E-state index contributed by atoms with van der Waals surface area (Å²) in [6.45, 7) is 6.68. The first kappa shape index (κ1) is 69.9. The van der Waals surface area contributed by atoms with Gasteiger partial charge < -0.3 is 14.2 Å². The van der Waals surface area contributed by atoms with Gasteiger partial charge in [-0.3, -0.25) is 14.4 Å². The maximum Gasteiger partial charge on any atom is 0.306 e. The fraction of sp³-hybridized carbons (Fsp3) is 0.894. The number of allylic oxidation sites excluding steroid dienone is 4. The van der Waals surface area contributed by atoms with E-state index in [2.05, 4.69) is 45.1 Å². The van der Waals surface area contributed by atoms with Gasteiger partial charge in [-0.25, -0.2) is 0 Å². The summed E-state index contributed by atoms with van der Waals surface area (Å²) in [6.07, 6.45) is 73.3. The predicted octanol–water partition coefficient (Wildman–Crippen LogP) is 21.8. The Bertz CT molecular complexity index is 1160. The second kappa shape index (κ2) is 61.4. The molecule has 0 aromatic carbocycles. The van der Waals surface area contributed by atoms with Crippen molar-refractivity contribution < 1.29 is 28.6 Å². The highest BCUT2D eigenvalue weighted by atomic mass is 16.6. The van der Waals surface area contributed by atoms with Crippen molar-refractivity contribution in [3.63, 3.8) is 0 Å². The van der Waals surface area contributed by atoms with Crippen LogP contribution < -0.4 is 0 Å². The average Bonchev–Trinajstić information content (AvgIpc) is 3.38.